The van der Waals surface area contributed by atoms with E-state index in [9.17, 15) is 23.5 Å². The average molecular weight is 716 g/mol. The Kier molecular flexibility index (Phi) is 10.4. The van der Waals surface area contributed by atoms with E-state index in [-0.39, 0.29) is 31.2 Å². The van der Waals surface area contributed by atoms with Crippen LogP contribution in [-0.2, 0) is 21.3 Å². The molecule has 3 aliphatic rings. The van der Waals surface area contributed by atoms with Gasteiger partial charge in [0.2, 0.25) is 0 Å². The van der Waals surface area contributed by atoms with E-state index in [0.29, 0.717) is 31.6 Å². The number of carbonyl (C=O) groups is 2. The molecule has 4 N–H and O–H groups in total. The number of halogens is 2. The van der Waals surface area contributed by atoms with Crippen LogP contribution in [0.5, 0.6) is 0 Å². The lowest BCUT2D eigenvalue weighted by molar-refractivity contribution is -0.130. The number of ether oxygens (including phenoxy) is 2. The minimum absolute atomic E-state index is 0.0209. The van der Waals surface area contributed by atoms with Gasteiger partial charge in [0, 0.05) is 24.3 Å². The number of H-pyrrole nitrogens is 1. The third-order valence-electron chi connectivity index (χ3n) is 10.7. The summed E-state index contributed by atoms with van der Waals surface area (Å²) in [6, 6.07) is 15.8. The molecule has 2 aromatic carbocycles. The molecular formula is C38H43F2N7O5. The predicted molar refractivity (Wildman–Crippen MR) is 189 cm³/mol. The largest absolute Gasteiger partial charge is 0.465 e. The van der Waals surface area contributed by atoms with Gasteiger partial charge in [-0.05, 0) is 67.7 Å². The highest BCUT2D eigenvalue weighted by Crippen LogP contribution is 2.47. The number of aromatic amines is 1. The molecule has 4 aromatic rings. The third kappa shape index (κ3) is 7.04. The van der Waals surface area contributed by atoms with Gasteiger partial charge in [-0.3, -0.25) is 10.2 Å². The molecule has 2 aliphatic heterocycles. The average Bonchev–Trinajstić information content (AvgIpc) is 3.98. The molecule has 0 spiro atoms. The number of fused-ring (bicyclic) bond motifs is 1. The molecule has 52 heavy (non-hydrogen) atoms. The summed E-state index contributed by atoms with van der Waals surface area (Å²) in [6.45, 7) is -1.90. The Labute approximate surface area is 300 Å². The lowest BCUT2D eigenvalue weighted by Gasteiger charge is -2.38. The number of likely N-dealkylation sites (tertiary alicyclic amines) is 1. The number of carboxylic acid groups (broad SMARTS) is 1. The lowest BCUT2D eigenvalue weighted by atomic mass is 9.68. The highest BCUT2D eigenvalue weighted by Gasteiger charge is 2.42. The summed E-state index contributed by atoms with van der Waals surface area (Å²) in [4.78, 5) is 38.5. The number of nitrogens with zero attached hydrogens (tertiary/aromatic N) is 4. The topological polar surface area (TPSA) is 147 Å². The van der Waals surface area contributed by atoms with Crippen LogP contribution in [0.25, 0.3) is 17.3 Å². The summed E-state index contributed by atoms with van der Waals surface area (Å²) in [7, 11) is 1.27. The normalized spacial score (nSPS) is 23.2. The number of imidazole rings is 2. The molecule has 4 heterocycles. The maximum absolute atomic E-state index is 12.8. The van der Waals surface area contributed by atoms with E-state index in [4.69, 9.17) is 14.7 Å². The van der Waals surface area contributed by atoms with E-state index in [1.807, 2.05) is 36.8 Å². The van der Waals surface area contributed by atoms with Gasteiger partial charge in [0.05, 0.1) is 55.3 Å². The van der Waals surface area contributed by atoms with Crippen molar-refractivity contribution in [1.29, 1.82) is 0 Å². The van der Waals surface area contributed by atoms with Gasteiger partial charge in [0.25, 0.3) is 0 Å². The monoisotopic (exact) mass is 715 g/mol. The van der Waals surface area contributed by atoms with Crippen molar-refractivity contribution in [3.05, 3.63) is 102 Å². The maximum atomic E-state index is 12.8. The number of allylic oxidation sites excluding steroid dienone is 1. The first-order chi connectivity index (χ1) is 25.3. The molecule has 2 saturated heterocycles. The first-order valence-corrected chi connectivity index (χ1v) is 17.7. The summed E-state index contributed by atoms with van der Waals surface area (Å²) < 4.78 is 37.2. The SMILES string of the molecule is COC(=O)N[C@H](CCOC(F)F)C[C@H]1CCN[C@H]1n1cncc1C1(c2ccccc2-c2cnc(C3CCCN3C(=O)O)[nH]2)C=Cc2ccccc2C1. The van der Waals surface area contributed by atoms with Gasteiger partial charge in [-0.15, -0.1) is 0 Å². The van der Waals surface area contributed by atoms with Crippen LogP contribution in [0.3, 0.4) is 0 Å². The highest BCUT2D eigenvalue weighted by molar-refractivity contribution is 5.72. The Morgan fingerprint density at radius 2 is 1.96 bits per heavy atom. The van der Waals surface area contributed by atoms with Gasteiger partial charge >= 0.3 is 18.8 Å². The van der Waals surface area contributed by atoms with Crippen LogP contribution in [0.1, 0.15) is 72.5 Å². The van der Waals surface area contributed by atoms with Gasteiger partial charge < -0.3 is 29.4 Å². The first kappa shape index (κ1) is 35.3. The van der Waals surface area contributed by atoms with Crippen LogP contribution in [0.15, 0.2) is 73.3 Å². The summed E-state index contributed by atoms with van der Waals surface area (Å²) in [5.41, 5.74) is 5.36. The van der Waals surface area contributed by atoms with Crippen LogP contribution in [0, 0.1) is 5.92 Å². The number of carbonyl (C=O) groups excluding carboxylic acids is 1. The van der Waals surface area contributed by atoms with Gasteiger partial charge in [0.15, 0.2) is 0 Å². The molecule has 274 valence electrons. The van der Waals surface area contributed by atoms with Crippen molar-refractivity contribution >= 4 is 18.3 Å². The zero-order chi connectivity index (χ0) is 36.2. The molecule has 1 aliphatic carbocycles. The fourth-order valence-corrected chi connectivity index (χ4v) is 8.30. The molecule has 12 nitrogen and oxygen atoms in total. The predicted octanol–water partition coefficient (Wildman–Crippen LogP) is 6.50. The molecule has 14 heteroatoms. The molecule has 0 bridgehead atoms. The number of aromatic nitrogens is 4. The van der Waals surface area contributed by atoms with E-state index in [1.165, 1.54) is 17.6 Å². The van der Waals surface area contributed by atoms with Crippen molar-refractivity contribution in [2.24, 2.45) is 5.92 Å². The van der Waals surface area contributed by atoms with Gasteiger partial charge in [-0.1, -0.05) is 60.7 Å². The standard InChI is InChI=1S/C38H43F2N7O5/c1-51-36(48)44-27(14-18-52-35(39)40)19-25-13-16-42-34(25)47-23-41-22-32(47)38(15-12-24-7-2-3-8-26(24)20-38)29-10-5-4-9-28(29)30-21-43-33(45-30)31-11-6-17-46(31)37(49)50/h2-5,7-10,12,15,21-23,25,27,31,34-35,42H,6,11,13-14,16-20H2,1H3,(H,43,45)(H,44,48)(H,49,50)/t25-,27-,31?,34+,38?/m1/s1. The number of hydrogen-bond acceptors (Lipinski definition) is 7. The number of alkyl carbamates (subject to hydrolysis) is 1. The number of amides is 2. The van der Waals surface area contributed by atoms with Crippen LogP contribution >= 0.6 is 0 Å². The van der Waals surface area contributed by atoms with Crippen LogP contribution in [0.4, 0.5) is 18.4 Å². The second-order valence-electron chi connectivity index (χ2n) is 13.7. The third-order valence-corrected chi connectivity index (χ3v) is 10.7. The Morgan fingerprint density at radius 3 is 2.79 bits per heavy atom. The quantitative estimate of drug-likeness (QED) is 0.130. The minimum atomic E-state index is -2.89. The molecule has 2 aromatic heterocycles. The maximum Gasteiger partial charge on any atom is 0.407 e. The number of benzene rings is 2. The highest BCUT2D eigenvalue weighted by atomic mass is 19.3. The van der Waals surface area contributed by atoms with Crippen LogP contribution in [0.2, 0.25) is 0 Å². The molecule has 0 saturated carbocycles. The van der Waals surface area contributed by atoms with Gasteiger partial charge in [-0.25, -0.2) is 19.6 Å². The van der Waals surface area contributed by atoms with E-state index in [0.717, 1.165) is 47.5 Å². The fourth-order valence-electron chi connectivity index (χ4n) is 8.30. The first-order valence-electron chi connectivity index (χ1n) is 17.7. The van der Waals surface area contributed by atoms with Gasteiger partial charge in [-0.2, -0.15) is 8.78 Å². The number of hydrogen-bond donors (Lipinski definition) is 4. The molecule has 0 radical (unpaired) electrons. The van der Waals surface area contributed by atoms with Crippen molar-refractivity contribution in [3.63, 3.8) is 0 Å². The van der Waals surface area contributed by atoms with Crippen molar-refractivity contribution < 1.29 is 33.0 Å². The zero-order valence-corrected chi connectivity index (χ0v) is 28.9. The molecule has 2 amide bonds. The number of nitrogens with one attached hydrogen (secondary N) is 3. The van der Waals surface area contributed by atoms with E-state index >= 15 is 0 Å². The van der Waals surface area contributed by atoms with Gasteiger partial charge in [0.1, 0.15) is 5.82 Å². The molecular weight excluding hydrogens is 672 g/mol. The molecule has 5 atom stereocenters. The fraction of sp³-hybridized carbons (Fsp3) is 0.421. The summed E-state index contributed by atoms with van der Waals surface area (Å²) in [5, 5.41) is 16.3. The zero-order valence-electron chi connectivity index (χ0n) is 28.9. The van der Waals surface area contributed by atoms with E-state index < -0.39 is 30.3 Å². The second kappa shape index (κ2) is 15.3. The van der Waals surface area contributed by atoms with Crippen LogP contribution < -0.4 is 10.6 Å². The van der Waals surface area contributed by atoms with E-state index in [2.05, 4.69) is 61.3 Å². The molecule has 2 unspecified atom stereocenters. The lowest BCUT2D eigenvalue weighted by Crippen LogP contribution is -2.40. The Bertz CT molecular complexity index is 1910. The number of methoxy groups -OCH3 is 1. The summed E-state index contributed by atoms with van der Waals surface area (Å²) >= 11 is 0. The van der Waals surface area contributed by atoms with E-state index in [1.54, 1.807) is 6.20 Å². The number of rotatable bonds is 12. The van der Waals surface area contributed by atoms with Crippen molar-refractivity contribution in [3.8, 4) is 11.3 Å². The Balaban J connectivity index is 1.27. The Hall–Kier alpha value is -5.08. The summed E-state index contributed by atoms with van der Waals surface area (Å²) in [6.07, 6.45) is 11.8. The smallest absolute Gasteiger partial charge is 0.407 e. The second-order valence-corrected chi connectivity index (χ2v) is 13.7. The van der Waals surface area contributed by atoms with Crippen molar-refractivity contribution in [1.82, 2.24) is 35.1 Å². The summed E-state index contributed by atoms with van der Waals surface area (Å²) in [5.74, 6) is 0.646. The Morgan fingerprint density at radius 1 is 1.13 bits per heavy atom. The molecule has 2 fully saturated rings. The van der Waals surface area contributed by atoms with Crippen molar-refractivity contribution in [2.75, 3.05) is 26.8 Å². The van der Waals surface area contributed by atoms with Crippen molar-refractivity contribution in [2.45, 2.75) is 68.8 Å². The minimum Gasteiger partial charge on any atom is -0.465 e. The number of alkyl halides is 2. The van der Waals surface area contributed by atoms with Crippen LogP contribution in [-0.4, -0.2) is 81.2 Å². The molecule has 7 rings (SSSR count).